The molecule has 1 atom stereocenters. The van der Waals surface area contributed by atoms with Gasteiger partial charge in [-0.25, -0.2) is 4.98 Å². The van der Waals surface area contributed by atoms with Gasteiger partial charge in [0.15, 0.2) is 0 Å². The monoisotopic (exact) mass is 298 g/mol. The number of aliphatic hydroxyl groups excluding tert-OH is 1. The number of aryl methyl sites for hydroxylation is 1. The van der Waals surface area contributed by atoms with Crippen LogP contribution in [0.3, 0.4) is 0 Å². The molecule has 0 amide bonds. The fraction of sp³-hybridized carbons (Fsp3) is 0.455. The minimum Gasteiger partial charge on any atom is -0.380 e. The van der Waals surface area contributed by atoms with Crippen molar-refractivity contribution < 1.29 is 5.11 Å². The molecule has 0 saturated heterocycles. The molecule has 0 bridgehead atoms. The van der Waals surface area contributed by atoms with Gasteiger partial charge in [0.1, 0.15) is 6.10 Å². The van der Waals surface area contributed by atoms with Crippen LogP contribution in [0.1, 0.15) is 37.4 Å². The van der Waals surface area contributed by atoms with Crippen LogP contribution in [0, 0.1) is 0 Å². The summed E-state index contributed by atoms with van der Waals surface area (Å²) in [5.74, 6) is 0. The normalized spacial score (nSPS) is 13.3. The quantitative estimate of drug-likeness (QED) is 0.943. The second kappa shape index (κ2) is 4.62. The summed E-state index contributed by atoms with van der Waals surface area (Å²) in [7, 11) is 1.87. The lowest BCUT2D eigenvalue weighted by molar-refractivity contribution is 0.200. The molecule has 2 aromatic rings. The fourth-order valence-corrected chi connectivity index (χ4v) is 2.22. The summed E-state index contributed by atoms with van der Waals surface area (Å²) in [6.45, 7) is 4.04. The Hall–Kier alpha value is -1.14. The van der Waals surface area contributed by atoms with E-state index in [4.69, 9.17) is 0 Å². The SMILES string of the molecule is CC(C)n1ncc(Br)c1C(O)c1cn(C)cn1. The number of hydrogen-bond donors (Lipinski definition) is 1. The van der Waals surface area contributed by atoms with E-state index in [2.05, 4.69) is 26.0 Å². The highest BCUT2D eigenvalue weighted by molar-refractivity contribution is 9.10. The van der Waals surface area contributed by atoms with Crippen molar-refractivity contribution in [2.24, 2.45) is 7.05 Å². The Labute approximate surface area is 108 Å². The van der Waals surface area contributed by atoms with Gasteiger partial charge in [0, 0.05) is 19.3 Å². The second-order valence-corrected chi connectivity index (χ2v) is 5.14. The number of hydrogen-bond acceptors (Lipinski definition) is 3. The van der Waals surface area contributed by atoms with Gasteiger partial charge in [0.2, 0.25) is 0 Å². The molecule has 0 aromatic carbocycles. The van der Waals surface area contributed by atoms with E-state index >= 15 is 0 Å². The van der Waals surface area contributed by atoms with Gasteiger partial charge >= 0.3 is 0 Å². The van der Waals surface area contributed by atoms with Gasteiger partial charge < -0.3 is 9.67 Å². The van der Waals surface area contributed by atoms with Crippen molar-refractivity contribution in [1.29, 1.82) is 0 Å². The molecule has 0 aliphatic heterocycles. The van der Waals surface area contributed by atoms with Gasteiger partial charge in [-0.3, -0.25) is 4.68 Å². The van der Waals surface area contributed by atoms with Gasteiger partial charge in [-0.2, -0.15) is 5.10 Å². The van der Waals surface area contributed by atoms with Crippen LogP contribution < -0.4 is 0 Å². The zero-order valence-corrected chi connectivity index (χ0v) is 11.6. The molecular weight excluding hydrogens is 284 g/mol. The van der Waals surface area contributed by atoms with E-state index in [0.717, 1.165) is 10.2 Å². The Kier molecular flexibility index (Phi) is 3.35. The molecule has 2 aromatic heterocycles. The number of halogens is 1. The Bertz CT molecular complexity index is 517. The van der Waals surface area contributed by atoms with Crippen LogP contribution in [0.4, 0.5) is 0 Å². The third-order valence-electron chi connectivity index (χ3n) is 2.54. The van der Waals surface area contributed by atoms with Crippen molar-refractivity contribution >= 4 is 15.9 Å². The summed E-state index contributed by atoms with van der Waals surface area (Å²) in [4.78, 5) is 4.16. The highest BCUT2D eigenvalue weighted by Crippen LogP contribution is 2.29. The molecule has 0 radical (unpaired) electrons. The van der Waals surface area contributed by atoms with E-state index in [0.29, 0.717) is 5.69 Å². The largest absolute Gasteiger partial charge is 0.380 e. The lowest BCUT2D eigenvalue weighted by atomic mass is 10.2. The first kappa shape index (κ1) is 12.3. The van der Waals surface area contributed by atoms with Gasteiger partial charge in [-0.15, -0.1) is 0 Å². The van der Waals surface area contributed by atoms with Crippen LogP contribution in [0.25, 0.3) is 0 Å². The maximum Gasteiger partial charge on any atom is 0.140 e. The van der Waals surface area contributed by atoms with Crippen molar-refractivity contribution in [3.05, 3.63) is 34.6 Å². The molecular formula is C11H15BrN4O. The first-order chi connectivity index (χ1) is 8.00. The van der Waals surface area contributed by atoms with Crippen LogP contribution in [0.5, 0.6) is 0 Å². The molecule has 0 spiro atoms. The van der Waals surface area contributed by atoms with E-state index < -0.39 is 6.10 Å². The van der Waals surface area contributed by atoms with Gasteiger partial charge in [-0.1, -0.05) is 0 Å². The average Bonchev–Trinajstić information content (AvgIpc) is 2.83. The van der Waals surface area contributed by atoms with Crippen LogP contribution in [-0.4, -0.2) is 24.4 Å². The van der Waals surface area contributed by atoms with Crippen molar-refractivity contribution in [2.45, 2.75) is 26.0 Å². The van der Waals surface area contributed by atoms with Gasteiger partial charge in [-0.05, 0) is 29.8 Å². The lowest BCUT2D eigenvalue weighted by Gasteiger charge is -2.15. The van der Waals surface area contributed by atoms with Crippen molar-refractivity contribution in [3.63, 3.8) is 0 Å². The minimum atomic E-state index is -0.768. The summed E-state index contributed by atoms with van der Waals surface area (Å²) in [6, 6.07) is 0.190. The first-order valence-corrected chi connectivity index (χ1v) is 6.19. The summed E-state index contributed by atoms with van der Waals surface area (Å²) in [5, 5.41) is 14.6. The number of nitrogens with zero attached hydrogens (tertiary/aromatic N) is 4. The first-order valence-electron chi connectivity index (χ1n) is 5.39. The molecule has 1 unspecified atom stereocenters. The molecule has 0 saturated carbocycles. The van der Waals surface area contributed by atoms with E-state index in [1.54, 1.807) is 23.4 Å². The zero-order chi connectivity index (χ0) is 12.6. The molecule has 6 heteroatoms. The number of aliphatic hydroxyl groups is 1. The average molecular weight is 299 g/mol. The maximum absolute atomic E-state index is 10.3. The van der Waals surface area contributed by atoms with Crippen LogP contribution in [0.2, 0.25) is 0 Å². The summed E-state index contributed by atoms with van der Waals surface area (Å²) >= 11 is 3.41. The Morgan fingerprint density at radius 1 is 1.41 bits per heavy atom. The molecule has 5 nitrogen and oxygen atoms in total. The molecule has 1 N–H and O–H groups in total. The highest BCUT2D eigenvalue weighted by Gasteiger charge is 2.22. The zero-order valence-electron chi connectivity index (χ0n) is 10.0. The minimum absolute atomic E-state index is 0.190. The van der Waals surface area contributed by atoms with Crippen LogP contribution >= 0.6 is 15.9 Å². The number of aromatic nitrogens is 4. The Morgan fingerprint density at radius 2 is 2.12 bits per heavy atom. The van der Waals surface area contributed by atoms with Crippen molar-refractivity contribution in [3.8, 4) is 0 Å². The fourth-order valence-electron chi connectivity index (χ4n) is 1.73. The standard InChI is InChI=1S/C11H15BrN4O/c1-7(2)16-10(8(12)4-14-16)11(17)9-5-15(3)6-13-9/h4-7,11,17H,1-3H3. The summed E-state index contributed by atoms with van der Waals surface area (Å²) < 4.78 is 4.40. The Balaban J connectivity index is 2.43. The predicted molar refractivity (Wildman–Crippen MR) is 67.6 cm³/mol. The number of imidazole rings is 1. The molecule has 0 aliphatic carbocycles. The van der Waals surface area contributed by atoms with E-state index in [1.165, 1.54) is 0 Å². The van der Waals surface area contributed by atoms with Crippen molar-refractivity contribution in [2.75, 3.05) is 0 Å². The molecule has 2 heterocycles. The predicted octanol–water partition coefficient (Wildman–Crippen LogP) is 2.04. The van der Waals surface area contributed by atoms with Crippen LogP contribution in [0.15, 0.2) is 23.2 Å². The molecule has 2 rings (SSSR count). The second-order valence-electron chi connectivity index (χ2n) is 4.28. The number of rotatable bonds is 3. The molecule has 0 aliphatic rings. The molecule has 0 fully saturated rings. The van der Waals surface area contributed by atoms with Gasteiger partial charge in [0.05, 0.1) is 28.4 Å². The topological polar surface area (TPSA) is 55.9 Å². The Morgan fingerprint density at radius 3 is 2.65 bits per heavy atom. The summed E-state index contributed by atoms with van der Waals surface area (Å²) in [5.41, 5.74) is 1.36. The van der Waals surface area contributed by atoms with E-state index in [1.807, 2.05) is 25.5 Å². The van der Waals surface area contributed by atoms with Gasteiger partial charge in [0.25, 0.3) is 0 Å². The third kappa shape index (κ3) is 2.28. The molecule has 17 heavy (non-hydrogen) atoms. The lowest BCUT2D eigenvalue weighted by Crippen LogP contribution is -2.12. The maximum atomic E-state index is 10.3. The third-order valence-corrected chi connectivity index (χ3v) is 3.15. The van der Waals surface area contributed by atoms with E-state index in [9.17, 15) is 5.11 Å². The smallest absolute Gasteiger partial charge is 0.140 e. The van der Waals surface area contributed by atoms with Crippen molar-refractivity contribution in [1.82, 2.24) is 19.3 Å². The molecule has 92 valence electrons. The van der Waals surface area contributed by atoms with Crippen LogP contribution in [-0.2, 0) is 7.05 Å². The summed E-state index contributed by atoms with van der Waals surface area (Å²) in [6.07, 6.45) is 4.40. The van der Waals surface area contributed by atoms with E-state index in [-0.39, 0.29) is 6.04 Å². The highest BCUT2D eigenvalue weighted by atomic mass is 79.9.